The van der Waals surface area contributed by atoms with Crippen molar-refractivity contribution in [3.05, 3.63) is 78.1 Å². The van der Waals surface area contributed by atoms with Gasteiger partial charge in [-0.05, 0) is 66.9 Å². The highest BCUT2D eigenvalue weighted by Gasteiger charge is 2.26. The lowest BCUT2D eigenvalue weighted by molar-refractivity contribution is 0.102. The molecular weight excluding hydrogens is 470 g/mol. The van der Waals surface area contributed by atoms with Crippen LogP contribution in [-0.4, -0.2) is 32.5 Å². The maximum absolute atomic E-state index is 13.0. The second-order valence-electron chi connectivity index (χ2n) is 8.10. The van der Waals surface area contributed by atoms with Crippen molar-refractivity contribution in [1.29, 1.82) is 0 Å². The van der Waals surface area contributed by atoms with E-state index < -0.39 is 15.9 Å². The molecule has 0 unspecified atom stereocenters. The number of pyridine rings is 1. The minimum atomic E-state index is -3.81. The Morgan fingerprint density at radius 3 is 2.56 bits per heavy atom. The summed E-state index contributed by atoms with van der Waals surface area (Å²) in [4.78, 5) is 18.0. The van der Waals surface area contributed by atoms with Crippen molar-refractivity contribution in [3.63, 3.8) is 0 Å². The number of sulfonamides is 1. The van der Waals surface area contributed by atoms with Crippen LogP contribution in [-0.2, 0) is 15.8 Å². The van der Waals surface area contributed by atoms with Gasteiger partial charge < -0.3 is 10.1 Å². The average Bonchev–Trinajstić information content (AvgIpc) is 3.36. The second kappa shape index (κ2) is 11.0. The number of rotatable bonds is 9. The van der Waals surface area contributed by atoms with Crippen molar-refractivity contribution < 1.29 is 17.9 Å². The Morgan fingerprint density at radius 2 is 1.88 bits per heavy atom. The summed E-state index contributed by atoms with van der Waals surface area (Å²) in [5, 5.41) is 2.83. The molecule has 1 aromatic heterocycles. The molecule has 0 saturated heterocycles. The van der Waals surface area contributed by atoms with Crippen LogP contribution >= 0.6 is 11.8 Å². The largest absolute Gasteiger partial charge is 0.495 e. The Labute approximate surface area is 204 Å². The summed E-state index contributed by atoms with van der Waals surface area (Å²) in [6, 6.07) is 15.8. The molecule has 3 aromatic rings. The van der Waals surface area contributed by atoms with E-state index in [0.29, 0.717) is 5.69 Å². The highest BCUT2D eigenvalue weighted by Crippen LogP contribution is 2.28. The van der Waals surface area contributed by atoms with Crippen LogP contribution in [0.5, 0.6) is 5.75 Å². The average molecular weight is 498 g/mol. The third-order valence-corrected chi connectivity index (χ3v) is 8.26. The molecule has 0 bridgehead atoms. The van der Waals surface area contributed by atoms with E-state index >= 15 is 0 Å². The number of thioether (sulfide) groups is 1. The summed E-state index contributed by atoms with van der Waals surface area (Å²) < 4.78 is 34.0. The maximum Gasteiger partial charge on any atom is 0.255 e. The van der Waals surface area contributed by atoms with Gasteiger partial charge in [-0.1, -0.05) is 18.9 Å². The molecule has 7 nitrogen and oxygen atoms in total. The fourth-order valence-electron chi connectivity index (χ4n) is 3.84. The van der Waals surface area contributed by atoms with Gasteiger partial charge in [0.15, 0.2) is 0 Å². The number of benzene rings is 2. The number of aromatic nitrogens is 1. The summed E-state index contributed by atoms with van der Waals surface area (Å²) in [6.07, 6.45) is 7.24. The van der Waals surface area contributed by atoms with Gasteiger partial charge >= 0.3 is 0 Å². The summed E-state index contributed by atoms with van der Waals surface area (Å²) in [5.74, 6) is 0.616. The molecule has 0 spiro atoms. The number of anilines is 1. The smallest absolute Gasteiger partial charge is 0.255 e. The molecule has 0 aliphatic heterocycles. The normalized spacial score (nSPS) is 14.1. The number of carbonyl (C=O) groups is 1. The van der Waals surface area contributed by atoms with Crippen molar-refractivity contribution in [1.82, 2.24) is 9.71 Å². The van der Waals surface area contributed by atoms with Gasteiger partial charge in [0.2, 0.25) is 10.0 Å². The lowest BCUT2D eigenvalue weighted by Gasteiger charge is -2.16. The van der Waals surface area contributed by atoms with Crippen LogP contribution < -0.4 is 14.8 Å². The molecule has 0 radical (unpaired) electrons. The Morgan fingerprint density at radius 1 is 1.12 bits per heavy atom. The fourth-order valence-corrected chi connectivity index (χ4v) is 6.17. The number of carbonyl (C=O) groups excluding carboxylic acids is 1. The standard InChI is InChI=1S/C25H27N3O4S2/c1-32-23-13-8-19(15-24(23)34(30,31)28-21-6-2-3-7-21)25(29)27-20-9-11-22(12-10-20)33-17-18-5-4-14-26-16-18/h4-5,8-16,21,28H,2-3,6-7,17H2,1H3,(H,27,29). The van der Waals surface area contributed by atoms with Crippen LogP contribution in [0.4, 0.5) is 5.69 Å². The number of nitrogens with zero attached hydrogens (tertiary/aromatic N) is 1. The number of hydrogen-bond donors (Lipinski definition) is 2. The zero-order valence-electron chi connectivity index (χ0n) is 18.9. The second-order valence-corrected chi connectivity index (χ2v) is 10.8. The van der Waals surface area contributed by atoms with E-state index in [4.69, 9.17) is 4.74 Å². The summed E-state index contributed by atoms with van der Waals surface area (Å²) in [6.45, 7) is 0. The van der Waals surface area contributed by atoms with Gasteiger partial charge in [-0.15, -0.1) is 11.8 Å². The van der Waals surface area contributed by atoms with Crippen LogP contribution in [0, 0.1) is 0 Å². The molecule has 178 valence electrons. The molecule has 0 atom stereocenters. The molecule has 1 amide bonds. The molecule has 1 aliphatic carbocycles. The third-order valence-electron chi connectivity index (χ3n) is 5.63. The highest BCUT2D eigenvalue weighted by atomic mass is 32.2. The molecular formula is C25H27N3O4S2. The molecule has 34 heavy (non-hydrogen) atoms. The summed E-state index contributed by atoms with van der Waals surface area (Å²) >= 11 is 1.68. The van der Waals surface area contributed by atoms with Crippen molar-refractivity contribution in [2.45, 2.75) is 47.3 Å². The Balaban J connectivity index is 1.43. The van der Waals surface area contributed by atoms with Crippen molar-refractivity contribution in [2.75, 3.05) is 12.4 Å². The first kappa shape index (κ1) is 24.3. The molecule has 4 rings (SSSR count). The zero-order valence-corrected chi connectivity index (χ0v) is 20.5. The van der Waals surface area contributed by atoms with Crippen LogP contribution in [0.25, 0.3) is 0 Å². The highest BCUT2D eigenvalue weighted by molar-refractivity contribution is 7.98. The first-order valence-corrected chi connectivity index (χ1v) is 13.5. The number of nitrogens with one attached hydrogen (secondary N) is 2. The van der Waals surface area contributed by atoms with E-state index in [-0.39, 0.29) is 22.3 Å². The molecule has 2 N–H and O–H groups in total. The predicted octanol–water partition coefficient (Wildman–Crippen LogP) is 4.86. The van der Waals surface area contributed by atoms with Crippen LogP contribution in [0.1, 0.15) is 41.6 Å². The molecule has 1 fully saturated rings. The van der Waals surface area contributed by atoms with Crippen molar-refractivity contribution in [2.24, 2.45) is 0 Å². The summed E-state index contributed by atoms with van der Waals surface area (Å²) in [5.41, 5.74) is 2.00. The first-order chi connectivity index (χ1) is 16.4. The number of hydrogen-bond acceptors (Lipinski definition) is 6. The van der Waals surface area contributed by atoms with E-state index in [1.165, 1.54) is 19.2 Å². The Bertz CT molecular complexity index is 1230. The zero-order chi connectivity index (χ0) is 24.0. The minimum Gasteiger partial charge on any atom is -0.495 e. The topological polar surface area (TPSA) is 97.4 Å². The van der Waals surface area contributed by atoms with E-state index in [2.05, 4.69) is 15.0 Å². The SMILES string of the molecule is COc1ccc(C(=O)Nc2ccc(SCc3cccnc3)cc2)cc1S(=O)(=O)NC1CCCC1. The molecule has 9 heteroatoms. The number of ether oxygens (including phenoxy) is 1. The molecule has 1 heterocycles. The minimum absolute atomic E-state index is 0.0308. The van der Waals surface area contributed by atoms with Gasteiger partial charge in [0, 0.05) is 40.3 Å². The van der Waals surface area contributed by atoms with E-state index in [9.17, 15) is 13.2 Å². The quantitative estimate of drug-likeness (QED) is 0.410. The van der Waals surface area contributed by atoms with Gasteiger partial charge in [-0.25, -0.2) is 13.1 Å². The van der Waals surface area contributed by atoms with Gasteiger partial charge in [0.05, 0.1) is 7.11 Å². The molecule has 2 aromatic carbocycles. The lowest BCUT2D eigenvalue weighted by atomic mass is 10.2. The van der Waals surface area contributed by atoms with E-state index in [1.807, 2.05) is 42.6 Å². The molecule has 1 aliphatic rings. The third kappa shape index (κ3) is 6.16. The fraction of sp³-hybridized carbons (Fsp3) is 0.280. The number of amides is 1. The van der Waals surface area contributed by atoms with Crippen molar-refractivity contribution >= 4 is 33.4 Å². The van der Waals surface area contributed by atoms with Gasteiger partial charge in [0.1, 0.15) is 10.6 Å². The number of methoxy groups -OCH3 is 1. The van der Waals surface area contributed by atoms with Gasteiger partial charge in [-0.2, -0.15) is 0 Å². The van der Waals surface area contributed by atoms with Crippen LogP contribution in [0.3, 0.4) is 0 Å². The van der Waals surface area contributed by atoms with Gasteiger partial charge in [-0.3, -0.25) is 9.78 Å². The van der Waals surface area contributed by atoms with Crippen LogP contribution in [0.2, 0.25) is 0 Å². The summed E-state index contributed by atoms with van der Waals surface area (Å²) in [7, 11) is -2.40. The predicted molar refractivity (Wildman–Crippen MR) is 134 cm³/mol. The monoisotopic (exact) mass is 497 g/mol. The van der Waals surface area contributed by atoms with Crippen molar-refractivity contribution in [3.8, 4) is 5.75 Å². The van der Waals surface area contributed by atoms with Gasteiger partial charge in [0.25, 0.3) is 5.91 Å². The van der Waals surface area contributed by atoms with E-state index in [0.717, 1.165) is 41.9 Å². The van der Waals surface area contributed by atoms with E-state index in [1.54, 1.807) is 24.0 Å². The molecule has 1 saturated carbocycles. The first-order valence-electron chi connectivity index (χ1n) is 11.1. The Hall–Kier alpha value is -2.88. The van der Waals surface area contributed by atoms with Crippen LogP contribution in [0.15, 0.2) is 76.8 Å². The lowest BCUT2D eigenvalue weighted by Crippen LogP contribution is -2.33. The Kier molecular flexibility index (Phi) is 7.87. The maximum atomic E-state index is 13.0.